The van der Waals surface area contributed by atoms with Gasteiger partial charge in [0, 0.05) is 25.8 Å². The average molecular weight is 302 g/mol. The van der Waals surface area contributed by atoms with Crippen LogP contribution in [0.25, 0.3) is 6.15 Å². The van der Waals surface area contributed by atoms with E-state index in [0.717, 1.165) is 0 Å². The molecular formula is C8H13HfN-2. The Labute approximate surface area is 81.6 Å². The molecule has 1 nitrogen and oxygen atoms in total. The smallest absolute Gasteiger partial charge is 0 e. The van der Waals surface area contributed by atoms with E-state index in [9.17, 15) is 0 Å². The summed E-state index contributed by atoms with van der Waals surface area (Å²) < 4.78 is 0. The van der Waals surface area contributed by atoms with Gasteiger partial charge in [-0.2, -0.15) is 22.8 Å². The molecule has 2 N–H and O–H groups in total. The summed E-state index contributed by atoms with van der Waals surface area (Å²) >= 11 is 0. The van der Waals surface area contributed by atoms with Crippen molar-refractivity contribution in [2.45, 2.75) is 20.8 Å². The molecule has 56 valence electrons. The van der Waals surface area contributed by atoms with Gasteiger partial charge >= 0.3 is 0 Å². The molecule has 0 aliphatic heterocycles. The van der Waals surface area contributed by atoms with Crippen LogP contribution >= 0.6 is 0 Å². The van der Waals surface area contributed by atoms with Crippen molar-refractivity contribution in [2.24, 2.45) is 0 Å². The zero-order valence-corrected chi connectivity index (χ0v) is 10.3. The predicted octanol–water partition coefficient (Wildman–Crippen LogP) is 3.05. The van der Waals surface area contributed by atoms with Gasteiger partial charge in [-0.25, -0.2) is 6.07 Å². The number of nitrogens with two attached hydrogens (primary N) is 1. The van der Waals surface area contributed by atoms with Crippen molar-refractivity contribution in [2.75, 3.05) is 0 Å². The second kappa shape index (κ2) is 4.91. The zero-order valence-electron chi connectivity index (χ0n) is 6.73. The molecular weight excluding hydrogens is 289 g/mol. The van der Waals surface area contributed by atoms with Gasteiger partial charge in [0.15, 0.2) is 0 Å². The molecule has 0 bridgehead atoms. The number of rotatable bonds is 0. The number of hydrogen-bond acceptors (Lipinski definition) is 0. The second-order valence-corrected chi connectivity index (χ2v) is 2.32. The monoisotopic (exact) mass is 303 g/mol. The molecule has 1 aromatic rings. The topological polar surface area (TPSA) is 33.5 Å². The van der Waals surface area contributed by atoms with Crippen molar-refractivity contribution in [3.8, 4) is 0 Å². The fourth-order valence-corrected chi connectivity index (χ4v) is 0.811. The summed E-state index contributed by atoms with van der Waals surface area (Å²) in [5, 5.41) is 0. The van der Waals surface area contributed by atoms with Crippen molar-refractivity contribution in [1.29, 1.82) is 0 Å². The van der Waals surface area contributed by atoms with Crippen molar-refractivity contribution in [1.82, 2.24) is 0 Å². The minimum atomic E-state index is 0. The fraction of sp³-hybridized carbons (Fsp3) is 0.375. The van der Waals surface area contributed by atoms with Gasteiger partial charge in [-0.1, -0.05) is 20.8 Å². The SMILES string of the molecule is Cc1cc[c-](C)c1C.[Hf].[NH2-]. The first-order chi connectivity index (χ1) is 3.72. The summed E-state index contributed by atoms with van der Waals surface area (Å²) in [6, 6.07) is 4.31. The minimum absolute atomic E-state index is 0. The predicted molar refractivity (Wildman–Crippen MR) is 41.5 cm³/mol. The van der Waals surface area contributed by atoms with Crippen LogP contribution < -0.4 is 0 Å². The van der Waals surface area contributed by atoms with Crippen LogP contribution in [-0.4, -0.2) is 0 Å². The molecule has 10 heavy (non-hydrogen) atoms. The van der Waals surface area contributed by atoms with E-state index in [0.29, 0.717) is 0 Å². The quantitative estimate of drug-likeness (QED) is 0.521. The normalized spacial score (nSPS) is 7.90. The summed E-state index contributed by atoms with van der Waals surface area (Å²) in [4.78, 5) is 0. The molecule has 1 rings (SSSR count). The first-order valence-electron chi connectivity index (χ1n) is 2.91. The van der Waals surface area contributed by atoms with Gasteiger partial charge in [0.2, 0.25) is 0 Å². The van der Waals surface area contributed by atoms with E-state index in [1.807, 2.05) is 0 Å². The maximum Gasteiger partial charge on any atom is 0 e. The Bertz CT molecular complexity index is 172. The van der Waals surface area contributed by atoms with Crippen molar-refractivity contribution < 1.29 is 25.8 Å². The molecule has 0 fully saturated rings. The molecule has 1 aromatic carbocycles. The Kier molecular flexibility index (Phi) is 6.30. The Morgan fingerprint density at radius 1 is 1.30 bits per heavy atom. The van der Waals surface area contributed by atoms with E-state index in [1.54, 1.807) is 0 Å². The molecule has 0 aliphatic rings. The molecule has 2 heteroatoms. The van der Waals surface area contributed by atoms with E-state index in [4.69, 9.17) is 0 Å². The van der Waals surface area contributed by atoms with Crippen LogP contribution in [0.2, 0.25) is 0 Å². The second-order valence-electron chi connectivity index (χ2n) is 2.32. The van der Waals surface area contributed by atoms with E-state index < -0.39 is 0 Å². The van der Waals surface area contributed by atoms with Crippen molar-refractivity contribution in [3.05, 3.63) is 35.0 Å². The van der Waals surface area contributed by atoms with E-state index in [-0.39, 0.29) is 32.0 Å². The largest absolute Gasteiger partial charge is 0.693 e. The Morgan fingerprint density at radius 3 is 1.90 bits per heavy atom. The Morgan fingerprint density at radius 2 is 1.80 bits per heavy atom. The molecule has 0 aromatic heterocycles. The van der Waals surface area contributed by atoms with Gasteiger partial charge in [-0.15, -0.1) is 0 Å². The first kappa shape index (κ1) is 12.8. The first-order valence-corrected chi connectivity index (χ1v) is 2.91. The van der Waals surface area contributed by atoms with Crippen LogP contribution in [0.4, 0.5) is 0 Å². The fourth-order valence-electron chi connectivity index (χ4n) is 0.811. The number of aryl methyl sites for hydroxylation is 2. The number of hydrogen-bond donors (Lipinski definition) is 0. The maximum atomic E-state index is 2.16. The van der Waals surface area contributed by atoms with Gasteiger partial charge in [-0.3, -0.25) is 0 Å². The molecule has 0 amide bonds. The van der Waals surface area contributed by atoms with E-state index >= 15 is 0 Å². The van der Waals surface area contributed by atoms with Gasteiger partial charge in [0.1, 0.15) is 0 Å². The molecule has 0 heterocycles. The molecule has 0 saturated carbocycles. The van der Waals surface area contributed by atoms with Crippen molar-refractivity contribution in [3.63, 3.8) is 0 Å². The van der Waals surface area contributed by atoms with E-state index in [2.05, 4.69) is 32.9 Å². The summed E-state index contributed by atoms with van der Waals surface area (Å²) in [7, 11) is 0. The van der Waals surface area contributed by atoms with Crippen LogP contribution in [0.5, 0.6) is 0 Å². The standard InChI is InChI=1S/C8H11.Hf.H2N/c1-6-4-5-7(2)8(6)3;;/h4-5H,1-3H3;;1H2/q-1;;-1. The van der Waals surface area contributed by atoms with Crippen LogP contribution in [0.15, 0.2) is 12.1 Å². The van der Waals surface area contributed by atoms with Gasteiger partial charge in [0.25, 0.3) is 0 Å². The van der Waals surface area contributed by atoms with Gasteiger partial charge in [-0.05, 0) is 0 Å². The zero-order chi connectivity index (χ0) is 6.15. The van der Waals surface area contributed by atoms with Gasteiger partial charge in [0.05, 0.1) is 0 Å². The molecule has 0 radical (unpaired) electrons. The molecule has 0 unspecified atom stereocenters. The summed E-state index contributed by atoms with van der Waals surface area (Å²) in [6.45, 7) is 6.44. The summed E-state index contributed by atoms with van der Waals surface area (Å²) in [6.07, 6.45) is 0. The molecule has 0 aliphatic carbocycles. The maximum absolute atomic E-state index is 2.16. The summed E-state index contributed by atoms with van der Waals surface area (Å²) in [5.74, 6) is 0. The van der Waals surface area contributed by atoms with E-state index in [1.165, 1.54) is 16.7 Å². The Balaban J connectivity index is 0. The van der Waals surface area contributed by atoms with Crippen LogP contribution in [-0.2, 0) is 25.8 Å². The third-order valence-electron chi connectivity index (χ3n) is 1.77. The average Bonchev–Trinajstić information content (AvgIpc) is 1.98. The van der Waals surface area contributed by atoms with Crippen LogP contribution in [0.3, 0.4) is 0 Å². The van der Waals surface area contributed by atoms with Crippen LogP contribution in [0, 0.1) is 20.8 Å². The third-order valence-corrected chi connectivity index (χ3v) is 1.77. The van der Waals surface area contributed by atoms with Crippen molar-refractivity contribution >= 4 is 0 Å². The summed E-state index contributed by atoms with van der Waals surface area (Å²) in [5.41, 5.74) is 4.25. The Hall–Kier alpha value is 0.180. The molecule has 0 atom stereocenters. The molecule has 0 saturated heterocycles. The minimum Gasteiger partial charge on any atom is -0.693 e. The van der Waals surface area contributed by atoms with Crippen LogP contribution in [0.1, 0.15) is 16.7 Å². The van der Waals surface area contributed by atoms with Gasteiger partial charge < -0.3 is 6.15 Å². The third kappa shape index (κ3) is 2.43. The molecule has 0 spiro atoms.